The second-order valence-corrected chi connectivity index (χ2v) is 7.98. The van der Waals surface area contributed by atoms with E-state index in [4.69, 9.17) is 8.92 Å². The second-order valence-electron chi connectivity index (χ2n) is 6.80. The molecule has 6 heteroatoms. The van der Waals surface area contributed by atoms with Gasteiger partial charge in [0, 0.05) is 6.54 Å². The molecule has 1 aromatic carbocycles. The molecule has 128 valence electrons. The average Bonchev–Trinajstić information content (AvgIpc) is 2.92. The van der Waals surface area contributed by atoms with Crippen molar-refractivity contribution in [1.29, 1.82) is 0 Å². The largest absolute Gasteiger partial charge is 0.444 e. The van der Waals surface area contributed by atoms with Gasteiger partial charge in [-0.3, -0.25) is 4.18 Å². The average molecular weight is 339 g/mol. The van der Waals surface area contributed by atoms with Gasteiger partial charge in [0.1, 0.15) is 5.60 Å². The third-order valence-electron chi connectivity index (χ3n) is 3.59. The Labute approximate surface area is 140 Å². The second kappa shape index (κ2) is 7.45. The Bertz CT molecular complexity index is 565. The van der Waals surface area contributed by atoms with Gasteiger partial charge in [0.05, 0.1) is 17.5 Å². The number of carbonyl (C=O) groups excluding carboxylic acids is 1. The third-order valence-corrected chi connectivity index (χ3v) is 4.59. The van der Waals surface area contributed by atoms with Gasteiger partial charge in [-0.25, -0.2) is 9.00 Å². The summed E-state index contributed by atoms with van der Waals surface area (Å²) < 4.78 is 23.1. The summed E-state index contributed by atoms with van der Waals surface area (Å²) in [7, 11) is 0. The van der Waals surface area contributed by atoms with Crippen LogP contribution in [0.4, 0.5) is 4.79 Å². The highest BCUT2D eigenvalue weighted by molar-refractivity contribution is 7.80. The smallest absolute Gasteiger partial charge is 0.410 e. The monoisotopic (exact) mass is 339 g/mol. The van der Waals surface area contributed by atoms with Gasteiger partial charge in [-0.05, 0) is 52.7 Å². The Balaban J connectivity index is 1.90. The van der Waals surface area contributed by atoms with Crippen LogP contribution >= 0.6 is 0 Å². The highest BCUT2D eigenvalue weighted by Crippen LogP contribution is 2.22. The lowest BCUT2D eigenvalue weighted by atomic mass is 10.2. The lowest BCUT2D eigenvalue weighted by molar-refractivity contribution is 0.0192. The Morgan fingerprint density at radius 3 is 2.57 bits per heavy atom. The maximum Gasteiger partial charge on any atom is 0.410 e. The van der Waals surface area contributed by atoms with Gasteiger partial charge in [-0.1, -0.05) is 17.7 Å². The number of benzene rings is 1. The molecule has 2 unspecified atom stereocenters. The number of rotatable bonds is 4. The minimum absolute atomic E-state index is 0.0840. The standard InChI is InChI=1S/C17H25NO4S/c1-13-7-9-15(10-8-13)23(20)21-12-14-6-5-11-18(14)16(19)22-17(2,3)4/h7-10,14H,5-6,11-12H2,1-4H3. The van der Waals surface area contributed by atoms with Crippen LogP contribution in [0.25, 0.3) is 0 Å². The van der Waals surface area contributed by atoms with E-state index in [2.05, 4.69) is 0 Å². The van der Waals surface area contributed by atoms with Crippen LogP contribution in [0.2, 0.25) is 0 Å². The van der Waals surface area contributed by atoms with Crippen LogP contribution in [-0.4, -0.2) is 40.0 Å². The number of likely N-dealkylation sites (tertiary alicyclic amines) is 1. The molecule has 2 atom stereocenters. The Morgan fingerprint density at radius 2 is 1.96 bits per heavy atom. The van der Waals surface area contributed by atoms with E-state index in [0.717, 1.165) is 18.4 Å². The Kier molecular flexibility index (Phi) is 5.81. The molecule has 0 aromatic heterocycles. The van der Waals surface area contributed by atoms with Crippen LogP contribution in [0.3, 0.4) is 0 Å². The summed E-state index contributed by atoms with van der Waals surface area (Å²) in [4.78, 5) is 14.5. The summed E-state index contributed by atoms with van der Waals surface area (Å²) in [6.07, 6.45) is 1.42. The van der Waals surface area contributed by atoms with E-state index in [9.17, 15) is 9.00 Å². The van der Waals surface area contributed by atoms with Crippen LogP contribution in [0, 0.1) is 6.92 Å². The zero-order valence-corrected chi connectivity index (χ0v) is 15.0. The number of carbonyl (C=O) groups is 1. The minimum Gasteiger partial charge on any atom is -0.444 e. The zero-order chi connectivity index (χ0) is 17.0. The molecule has 5 nitrogen and oxygen atoms in total. The highest BCUT2D eigenvalue weighted by atomic mass is 32.2. The van der Waals surface area contributed by atoms with E-state index in [0.29, 0.717) is 11.4 Å². The first kappa shape index (κ1) is 17.9. The van der Waals surface area contributed by atoms with Crippen molar-refractivity contribution < 1.29 is 17.9 Å². The maximum absolute atomic E-state index is 12.2. The molecule has 1 amide bonds. The molecule has 2 rings (SSSR count). The fourth-order valence-electron chi connectivity index (χ4n) is 2.43. The van der Waals surface area contributed by atoms with E-state index >= 15 is 0 Å². The van der Waals surface area contributed by atoms with E-state index in [-0.39, 0.29) is 18.7 Å². The molecule has 1 aliphatic heterocycles. The van der Waals surface area contributed by atoms with Crippen LogP contribution < -0.4 is 0 Å². The van der Waals surface area contributed by atoms with Crippen LogP contribution in [0.15, 0.2) is 29.2 Å². The molecule has 1 fully saturated rings. The number of hydrogen-bond acceptors (Lipinski definition) is 4. The van der Waals surface area contributed by atoms with Gasteiger partial charge < -0.3 is 9.64 Å². The van der Waals surface area contributed by atoms with Crippen molar-refractivity contribution in [3.63, 3.8) is 0 Å². The number of ether oxygens (including phenoxy) is 1. The summed E-state index contributed by atoms with van der Waals surface area (Å²) in [6.45, 7) is 8.42. The first-order valence-electron chi connectivity index (χ1n) is 7.87. The van der Waals surface area contributed by atoms with Gasteiger partial charge in [-0.15, -0.1) is 0 Å². The molecular formula is C17H25NO4S. The maximum atomic E-state index is 12.2. The predicted octanol–water partition coefficient (Wildman–Crippen LogP) is 3.43. The third kappa shape index (κ3) is 5.32. The molecule has 0 bridgehead atoms. The first-order valence-corrected chi connectivity index (χ1v) is 8.95. The van der Waals surface area contributed by atoms with Crippen molar-refractivity contribution in [1.82, 2.24) is 4.90 Å². The van der Waals surface area contributed by atoms with Crippen LogP contribution in [-0.2, 0) is 20.0 Å². The van der Waals surface area contributed by atoms with Crippen molar-refractivity contribution in [2.75, 3.05) is 13.2 Å². The van der Waals surface area contributed by atoms with Crippen LogP contribution in [0.5, 0.6) is 0 Å². The fraction of sp³-hybridized carbons (Fsp3) is 0.588. The molecule has 1 aliphatic rings. The Hall–Kier alpha value is -1.40. The summed E-state index contributed by atoms with van der Waals surface area (Å²) in [5, 5.41) is 0. The molecule has 0 aliphatic carbocycles. The topological polar surface area (TPSA) is 55.8 Å². The Morgan fingerprint density at radius 1 is 1.30 bits per heavy atom. The van der Waals surface area contributed by atoms with Gasteiger partial charge in [-0.2, -0.15) is 0 Å². The molecule has 0 radical (unpaired) electrons. The SMILES string of the molecule is Cc1ccc(S(=O)OCC2CCCN2C(=O)OC(C)(C)C)cc1. The van der Waals surface area contributed by atoms with E-state index in [1.165, 1.54) is 0 Å². The van der Waals surface area contributed by atoms with Gasteiger partial charge >= 0.3 is 6.09 Å². The summed E-state index contributed by atoms with van der Waals surface area (Å²) in [6, 6.07) is 7.31. The van der Waals surface area contributed by atoms with Gasteiger partial charge in [0.25, 0.3) is 0 Å². The van der Waals surface area contributed by atoms with Crippen molar-refractivity contribution in [2.24, 2.45) is 0 Å². The van der Waals surface area contributed by atoms with Crippen molar-refractivity contribution >= 4 is 17.2 Å². The summed E-state index contributed by atoms with van der Waals surface area (Å²) in [5.41, 5.74) is 0.591. The number of aryl methyl sites for hydroxylation is 1. The molecular weight excluding hydrogens is 314 g/mol. The van der Waals surface area contributed by atoms with Crippen molar-refractivity contribution in [3.05, 3.63) is 29.8 Å². The highest BCUT2D eigenvalue weighted by Gasteiger charge is 2.32. The molecule has 0 saturated carbocycles. The van der Waals surface area contributed by atoms with Crippen LogP contribution in [0.1, 0.15) is 39.2 Å². The van der Waals surface area contributed by atoms with Crippen molar-refractivity contribution in [3.8, 4) is 0 Å². The van der Waals surface area contributed by atoms with E-state index < -0.39 is 16.7 Å². The van der Waals surface area contributed by atoms with Gasteiger partial charge in [0.15, 0.2) is 11.1 Å². The van der Waals surface area contributed by atoms with Crippen molar-refractivity contribution in [2.45, 2.75) is 57.1 Å². The predicted molar refractivity (Wildman–Crippen MR) is 89.5 cm³/mol. The molecule has 1 aromatic rings. The molecule has 0 spiro atoms. The van der Waals surface area contributed by atoms with E-state index in [1.54, 1.807) is 17.0 Å². The first-order chi connectivity index (χ1) is 10.8. The minimum atomic E-state index is -1.51. The number of amides is 1. The molecule has 23 heavy (non-hydrogen) atoms. The summed E-state index contributed by atoms with van der Waals surface area (Å²) in [5.74, 6) is 0. The lowest BCUT2D eigenvalue weighted by Gasteiger charge is -2.28. The zero-order valence-electron chi connectivity index (χ0n) is 14.2. The summed E-state index contributed by atoms with van der Waals surface area (Å²) >= 11 is -1.51. The quantitative estimate of drug-likeness (QED) is 0.843. The number of nitrogens with zero attached hydrogens (tertiary/aromatic N) is 1. The fourth-order valence-corrected chi connectivity index (χ4v) is 3.20. The number of hydrogen-bond donors (Lipinski definition) is 0. The lowest BCUT2D eigenvalue weighted by Crippen LogP contribution is -2.41. The normalized spacial score (nSPS) is 19.7. The molecule has 0 N–H and O–H groups in total. The molecule has 1 heterocycles. The van der Waals surface area contributed by atoms with Gasteiger partial charge in [0.2, 0.25) is 0 Å². The van der Waals surface area contributed by atoms with E-state index in [1.807, 2.05) is 39.8 Å². The molecule has 1 saturated heterocycles.